The van der Waals surface area contributed by atoms with E-state index in [1.54, 1.807) is 43.3 Å². The van der Waals surface area contributed by atoms with E-state index < -0.39 is 20.9 Å². The third-order valence-corrected chi connectivity index (χ3v) is 7.43. The van der Waals surface area contributed by atoms with Gasteiger partial charge in [-0.15, -0.1) is 0 Å². The molecule has 3 rings (SSSR count). The third-order valence-electron chi connectivity index (χ3n) is 5.59. The summed E-state index contributed by atoms with van der Waals surface area (Å²) >= 11 is 0. The first-order valence-electron chi connectivity index (χ1n) is 11.4. The molecule has 0 aliphatic carbocycles. The van der Waals surface area contributed by atoms with Crippen LogP contribution >= 0.6 is 0 Å². The monoisotopic (exact) mass is 528 g/mol. The van der Waals surface area contributed by atoms with Crippen LogP contribution in [0.3, 0.4) is 0 Å². The van der Waals surface area contributed by atoms with Crippen molar-refractivity contribution in [3.05, 3.63) is 93.5 Å². The zero-order chi connectivity index (χ0) is 27.0. The van der Waals surface area contributed by atoms with Crippen molar-refractivity contribution in [3.8, 4) is 11.5 Å². The Hall–Kier alpha value is -3.96. The first-order valence-corrected chi connectivity index (χ1v) is 12.8. The lowest BCUT2D eigenvalue weighted by Gasteiger charge is -2.23. The number of hydrogen-bond donors (Lipinski definition) is 0. The fourth-order valence-electron chi connectivity index (χ4n) is 3.65. The molecule has 196 valence electrons. The van der Waals surface area contributed by atoms with Gasteiger partial charge in [-0.25, -0.2) is 13.2 Å². The summed E-state index contributed by atoms with van der Waals surface area (Å²) in [7, 11) is -1.07. The van der Waals surface area contributed by atoms with E-state index in [2.05, 4.69) is 0 Å². The largest absolute Gasteiger partial charge is 0.493 e. The van der Waals surface area contributed by atoms with Crippen molar-refractivity contribution < 1.29 is 32.3 Å². The Morgan fingerprint density at radius 1 is 0.946 bits per heavy atom. The number of ether oxygens (including phenoxy) is 3. The van der Waals surface area contributed by atoms with Crippen LogP contribution < -0.4 is 9.47 Å². The first kappa shape index (κ1) is 27.6. The van der Waals surface area contributed by atoms with Crippen LogP contribution in [0, 0.1) is 10.1 Å². The van der Waals surface area contributed by atoms with Crippen LogP contribution in [0.2, 0.25) is 0 Å². The van der Waals surface area contributed by atoms with Gasteiger partial charge < -0.3 is 14.2 Å². The molecule has 11 heteroatoms. The minimum Gasteiger partial charge on any atom is -0.493 e. The Balaban J connectivity index is 1.92. The Morgan fingerprint density at radius 2 is 1.62 bits per heavy atom. The summed E-state index contributed by atoms with van der Waals surface area (Å²) in [6.45, 7) is 2.02. The predicted molar refractivity (Wildman–Crippen MR) is 136 cm³/mol. The lowest BCUT2D eigenvalue weighted by Crippen LogP contribution is -2.32. The van der Waals surface area contributed by atoms with Crippen LogP contribution in [0.1, 0.15) is 28.4 Å². The molecule has 0 heterocycles. The number of methoxy groups -OCH3 is 2. The molecule has 0 saturated heterocycles. The molecular weight excluding hydrogens is 500 g/mol. The fraction of sp³-hybridized carbons (Fsp3) is 0.269. The van der Waals surface area contributed by atoms with Crippen LogP contribution in [-0.2, 0) is 27.7 Å². The minimum atomic E-state index is -4.11. The molecule has 0 N–H and O–H groups in total. The fourth-order valence-corrected chi connectivity index (χ4v) is 5.11. The first-order chi connectivity index (χ1) is 17.7. The summed E-state index contributed by atoms with van der Waals surface area (Å²) in [6.07, 6.45) is 0.343. The van der Waals surface area contributed by atoms with Crippen molar-refractivity contribution >= 4 is 21.7 Å². The van der Waals surface area contributed by atoms with Crippen molar-refractivity contribution in [3.63, 3.8) is 0 Å². The highest BCUT2D eigenvalue weighted by Gasteiger charge is 2.26. The van der Waals surface area contributed by atoms with Gasteiger partial charge in [-0.05, 0) is 54.8 Å². The van der Waals surface area contributed by atoms with E-state index in [1.807, 2.05) is 6.07 Å². The molecular formula is C26H28N2O8S. The normalized spacial score (nSPS) is 11.2. The number of rotatable bonds is 12. The molecule has 0 aliphatic rings. The topological polar surface area (TPSA) is 125 Å². The van der Waals surface area contributed by atoms with Crippen LogP contribution in [0.5, 0.6) is 11.5 Å². The van der Waals surface area contributed by atoms with Crippen LogP contribution in [0.25, 0.3) is 0 Å². The third kappa shape index (κ3) is 6.83. The molecule has 0 radical (unpaired) electrons. The quantitative estimate of drug-likeness (QED) is 0.194. The van der Waals surface area contributed by atoms with E-state index in [9.17, 15) is 23.3 Å². The maximum absolute atomic E-state index is 13.6. The number of nitrogens with zero attached hydrogens (tertiary/aromatic N) is 2. The Labute approximate surface area is 215 Å². The standard InChI is InChI=1S/C26H28N2O8S/c1-4-36-26(29)21-11-8-20(9-12-21)18-27(15-14-19-10-13-24(34-2)25(16-19)35-3)37(32,33)23-7-5-6-22(17-23)28(30)31/h5-13,16-17H,4,14-15,18H2,1-3H3. The van der Waals surface area contributed by atoms with Crippen molar-refractivity contribution in [1.29, 1.82) is 0 Å². The number of carbonyl (C=O) groups excluding carboxylic acids is 1. The van der Waals surface area contributed by atoms with Crippen molar-refractivity contribution in [2.75, 3.05) is 27.4 Å². The van der Waals surface area contributed by atoms with Gasteiger partial charge in [-0.1, -0.05) is 24.3 Å². The van der Waals surface area contributed by atoms with Gasteiger partial charge in [0, 0.05) is 25.2 Å². The molecule has 0 aromatic heterocycles. The average molecular weight is 529 g/mol. The maximum Gasteiger partial charge on any atom is 0.338 e. The Bertz CT molecular complexity index is 1360. The molecule has 0 amide bonds. The second-order valence-electron chi connectivity index (χ2n) is 7.95. The van der Waals surface area contributed by atoms with E-state index >= 15 is 0 Å². The summed E-state index contributed by atoms with van der Waals surface area (Å²) in [6, 6.07) is 16.7. The predicted octanol–water partition coefficient (Wildman–Crippen LogP) is 4.22. The average Bonchev–Trinajstić information content (AvgIpc) is 2.91. The summed E-state index contributed by atoms with van der Waals surface area (Å²) in [5.74, 6) is 0.597. The number of benzene rings is 3. The zero-order valence-corrected chi connectivity index (χ0v) is 21.6. The summed E-state index contributed by atoms with van der Waals surface area (Å²) in [4.78, 5) is 22.4. The molecule has 3 aromatic rings. The molecule has 0 aliphatic heterocycles. The molecule has 0 fully saturated rings. The van der Waals surface area contributed by atoms with Crippen molar-refractivity contribution in [1.82, 2.24) is 4.31 Å². The Morgan fingerprint density at radius 3 is 2.24 bits per heavy atom. The molecule has 10 nitrogen and oxygen atoms in total. The smallest absolute Gasteiger partial charge is 0.338 e. The second-order valence-corrected chi connectivity index (χ2v) is 9.89. The summed E-state index contributed by atoms with van der Waals surface area (Å²) in [5.41, 5.74) is 1.48. The van der Waals surface area contributed by atoms with E-state index in [4.69, 9.17) is 14.2 Å². The van der Waals surface area contributed by atoms with E-state index in [0.717, 1.165) is 11.6 Å². The van der Waals surface area contributed by atoms with Crippen LogP contribution in [-0.4, -0.2) is 51.0 Å². The summed E-state index contributed by atoms with van der Waals surface area (Å²) < 4.78 is 44.1. The highest BCUT2D eigenvalue weighted by Crippen LogP contribution is 2.28. The van der Waals surface area contributed by atoms with Gasteiger partial charge in [-0.3, -0.25) is 10.1 Å². The Kier molecular flexibility index (Phi) is 9.20. The van der Waals surface area contributed by atoms with Gasteiger partial charge in [0.05, 0.1) is 36.2 Å². The molecule has 0 bridgehead atoms. The van der Waals surface area contributed by atoms with Crippen molar-refractivity contribution in [2.45, 2.75) is 24.8 Å². The van der Waals surface area contributed by atoms with E-state index in [-0.39, 0.29) is 30.3 Å². The summed E-state index contributed by atoms with van der Waals surface area (Å²) in [5, 5.41) is 11.2. The van der Waals surface area contributed by atoms with Crippen LogP contribution in [0.15, 0.2) is 71.6 Å². The van der Waals surface area contributed by atoms with E-state index in [1.165, 1.54) is 36.7 Å². The number of nitro benzene ring substituents is 1. The molecule has 0 atom stereocenters. The van der Waals surface area contributed by atoms with Gasteiger partial charge in [0.25, 0.3) is 5.69 Å². The molecule has 37 heavy (non-hydrogen) atoms. The number of esters is 1. The number of sulfonamides is 1. The lowest BCUT2D eigenvalue weighted by molar-refractivity contribution is -0.385. The lowest BCUT2D eigenvalue weighted by atomic mass is 10.1. The zero-order valence-electron chi connectivity index (χ0n) is 20.7. The van der Waals surface area contributed by atoms with Crippen molar-refractivity contribution in [2.24, 2.45) is 0 Å². The second kappa shape index (κ2) is 12.3. The van der Waals surface area contributed by atoms with Gasteiger partial charge in [0.15, 0.2) is 11.5 Å². The maximum atomic E-state index is 13.6. The van der Waals surface area contributed by atoms with Crippen LogP contribution in [0.4, 0.5) is 5.69 Å². The number of non-ortho nitro benzene ring substituents is 1. The number of carbonyl (C=O) groups is 1. The number of nitro groups is 1. The minimum absolute atomic E-state index is 0.0125. The molecule has 0 spiro atoms. The van der Waals surface area contributed by atoms with Gasteiger partial charge in [0.2, 0.25) is 10.0 Å². The SMILES string of the molecule is CCOC(=O)c1ccc(CN(CCc2ccc(OC)c(OC)c2)S(=O)(=O)c2cccc([N+](=O)[O-])c2)cc1. The van der Waals surface area contributed by atoms with Gasteiger partial charge in [0.1, 0.15) is 0 Å². The highest BCUT2D eigenvalue weighted by atomic mass is 32.2. The number of hydrogen-bond acceptors (Lipinski definition) is 8. The van der Waals surface area contributed by atoms with Gasteiger partial charge in [-0.2, -0.15) is 4.31 Å². The van der Waals surface area contributed by atoms with E-state index in [0.29, 0.717) is 29.0 Å². The molecule has 3 aromatic carbocycles. The molecule has 0 unspecified atom stereocenters. The molecule has 0 saturated carbocycles. The van der Waals surface area contributed by atoms with Gasteiger partial charge >= 0.3 is 5.97 Å². The highest BCUT2D eigenvalue weighted by molar-refractivity contribution is 7.89.